The summed E-state index contributed by atoms with van der Waals surface area (Å²) in [5.74, 6) is 0.970. The molecule has 4 aromatic rings. The van der Waals surface area contributed by atoms with Gasteiger partial charge in [0, 0.05) is 56.1 Å². The highest BCUT2D eigenvalue weighted by atomic mass is 19.1. The number of imidazole rings is 1. The fourth-order valence-corrected chi connectivity index (χ4v) is 2.90. The molecule has 0 amide bonds. The molecule has 0 unspecified atom stereocenters. The van der Waals surface area contributed by atoms with Gasteiger partial charge in [-0.05, 0) is 36.4 Å². The van der Waals surface area contributed by atoms with Gasteiger partial charge in [-0.1, -0.05) is 6.07 Å². The van der Waals surface area contributed by atoms with Gasteiger partial charge >= 0.3 is 0 Å². The smallest absolute Gasteiger partial charge is 0.225 e. The van der Waals surface area contributed by atoms with E-state index < -0.39 is 0 Å². The molecule has 1 N–H and O–H groups in total. The molecule has 7 heteroatoms. The minimum Gasteiger partial charge on any atom is -0.345 e. The SMILES string of the molecule is CN(CCc1ccccn1)c1ncc(-c2ncc[nH]2)c(-c2ccc(F)cc2)n1. The van der Waals surface area contributed by atoms with E-state index in [4.69, 9.17) is 4.98 Å². The van der Waals surface area contributed by atoms with Crippen LogP contribution in [-0.4, -0.2) is 38.5 Å². The summed E-state index contributed by atoms with van der Waals surface area (Å²) in [6.45, 7) is 0.722. The summed E-state index contributed by atoms with van der Waals surface area (Å²) >= 11 is 0. The number of halogens is 1. The Morgan fingerprint density at radius 2 is 1.86 bits per heavy atom. The number of benzene rings is 1. The molecule has 0 atom stereocenters. The standard InChI is InChI=1S/C21H19FN6/c1-28(13-9-17-4-2-3-10-23-17)21-26-14-18(20-24-11-12-25-20)19(27-21)15-5-7-16(22)8-6-15/h2-8,10-12,14H,9,13H2,1H3,(H,24,25). The molecule has 3 heterocycles. The lowest BCUT2D eigenvalue weighted by Crippen LogP contribution is -2.23. The molecule has 0 bridgehead atoms. The predicted molar refractivity (Wildman–Crippen MR) is 106 cm³/mol. The van der Waals surface area contributed by atoms with Crippen LogP contribution >= 0.6 is 0 Å². The summed E-state index contributed by atoms with van der Waals surface area (Å²) < 4.78 is 13.4. The van der Waals surface area contributed by atoms with Crippen molar-refractivity contribution in [2.24, 2.45) is 0 Å². The Morgan fingerprint density at radius 3 is 2.57 bits per heavy atom. The first-order chi connectivity index (χ1) is 13.7. The first-order valence-corrected chi connectivity index (χ1v) is 8.94. The van der Waals surface area contributed by atoms with Gasteiger partial charge in [-0.15, -0.1) is 0 Å². The van der Waals surface area contributed by atoms with Crippen LogP contribution in [0.3, 0.4) is 0 Å². The topological polar surface area (TPSA) is 70.6 Å². The zero-order valence-corrected chi connectivity index (χ0v) is 15.4. The largest absolute Gasteiger partial charge is 0.345 e. The maximum absolute atomic E-state index is 13.4. The highest BCUT2D eigenvalue weighted by molar-refractivity contribution is 5.77. The summed E-state index contributed by atoms with van der Waals surface area (Å²) in [6, 6.07) is 12.1. The van der Waals surface area contributed by atoms with Gasteiger partial charge in [0.25, 0.3) is 0 Å². The third kappa shape index (κ3) is 3.88. The molecular formula is C21H19FN6. The van der Waals surface area contributed by atoms with E-state index in [0.29, 0.717) is 17.5 Å². The summed E-state index contributed by atoms with van der Waals surface area (Å²) in [5.41, 5.74) is 3.28. The van der Waals surface area contributed by atoms with Gasteiger partial charge in [0.2, 0.25) is 5.95 Å². The number of nitrogens with zero attached hydrogens (tertiary/aromatic N) is 5. The fraction of sp³-hybridized carbons (Fsp3) is 0.143. The van der Waals surface area contributed by atoms with Crippen molar-refractivity contribution >= 4 is 5.95 Å². The summed E-state index contributed by atoms with van der Waals surface area (Å²) in [6.07, 6.45) is 7.74. The van der Waals surface area contributed by atoms with Crippen molar-refractivity contribution in [2.45, 2.75) is 6.42 Å². The van der Waals surface area contributed by atoms with Crippen LogP contribution < -0.4 is 4.90 Å². The highest BCUT2D eigenvalue weighted by Crippen LogP contribution is 2.29. The number of pyridine rings is 1. The van der Waals surface area contributed by atoms with Crippen molar-refractivity contribution in [3.05, 3.63) is 78.8 Å². The second kappa shape index (κ2) is 7.96. The molecule has 4 rings (SSSR count). The maximum Gasteiger partial charge on any atom is 0.225 e. The molecule has 0 aliphatic carbocycles. The molecule has 3 aromatic heterocycles. The van der Waals surface area contributed by atoms with Crippen LogP contribution in [0.4, 0.5) is 10.3 Å². The molecule has 140 valence electrons. The number of hydrogen-bond acceptors (Lipinski definition) is 5. The molecule has 28 heavy (non-hydrogen) atoms. The molecule has 1 aromatic carbocycles. The van der Waals surface area contributed by atoms with E-state index in [2.05, 4.69) is 19.9 Å². The van der Waals surface area contributed by atoms with Crippen molar-refractivity contribution in [1.29, 1.82) is 0 Å². The van der Waals surface area contributed by atoms with E-state index in [-0.39, 0.29) is 5.82 Å². The molecule has 0 fully saturated rings. The number of H-pyrrole nitrogens is 1. The second-order valence-corrected chi connectivity index (χ2v) is 6.37. The molecule has 0 saturated heterocycles. The first-order valence-electron chi connectivity index (χ1n) is 8.94. The molecule has 0 saturated carbocycles. The Hall–Kier alpha value is -3.61. The number of aromatic nitrogens is 5. The Kier molecular flexibility index (Phi) is 5.05. The number of nitrogens with one attached hydrogen (secondary N) is 1. The van der Waals surface area contributed by atoms with E-state index in [1.807, 2.05) is 30.1 Å². The Labute approximate surface area is 162 Å². The Morgan fingerprint density at radius 1 is 1.00 bits per heavy atom. The molecule has 0 spiro atoms. The monoisotopic (exact) mass is 374 g/mol. The average molecular weight is 374 g/mol. The lowest BCUT2D eigenvalue weighted by atomic mass is 10.1. The van der Waals surface area contributed by atoms with Crippen LogP contribution in [0, 0.1) is 5.82 Å². The third-order valence-corrected chi connectivity index (χ3v) is 4.42. The van der Waals surface area contributed by atoms with Crippen LogP contribution in [0.2, 0.25) is 0 Å². The second-order valence-electron chi connectivity index (χ2n) is 6.37. The third-order valence-electron chi connectivity index (χ3n) is 4.42. The van der Waals surface area contributed by atoms with Gasteiger partial charge in [0.05, 0.1) is 11.3 Å². The van der Waals surface area contributed by atoms with Crippen molar-refractivity contribution in [1.82, 2.24) is 24.9 Å². The van der Waals surface area contributed by atoms with Gasteiger partial charge in [0.1, 0.15) is 11.6 Å². The molecule has 0 aliphatic heterocycles. The lowest BCUT2D eigenvalue weighted by molar-refractivity contribution is 0.628. The minimum atomic E-state index is -0.287. The van der Waals surface area contributed by atoms with Gasteiger partial charge < -0.3 is 9.88 Å². The first kappa shape index (κ1) is 17.8. The zero-order valence-electron chi connectivity index (χ0n) is 15.4. The van der Waals surface area contributed by atoms with E-state index in [1.54, 1.807) is 36.9 Å². The number of aromatic amines is 1. The number of rotatable bonds is 6. The molecule has 0 aliphatic rings. The van der Waals surface area contributed by atoms with Crippen LogP contribution in [0.15, 0.2) is 67.3 Å². The van der Waals surface area contributed by atoms with Crippen molar-refractivity contribution in [3.8, 4) is 22.6 Å². The van der Waals surface area contributed by atoms with Crippen molar-refractivity contribution in [3.63, 3.8) is 0 Å². The number of hydrogen-bond donors (Lipinski definition) is 1. The van der Waals surface area contributed by atoms with Crippen LogP contribution in [0.5, 0.6) is 0 Å². The number of anilines is 1. The Bertz CT molecular complexity index is 1030. The maximum atomic E-state index is 13.4. The van der Waals surface area contributed by atoms with Crippen molar-refractivity contribution in [2.75, 3.05) is 18.5 Å². The highest BCUT2D eigenvalue weighted by Gasteiger charge is 2.15. The Balaban J connectivity index is 1.65. The van der Waals surface area contributed by atoms with Crippen LogP contribution in [0.1, 0.15) is 5.69 Å². The lowest BCUT2D eigenvalue weighted by Gasteiger charge is -2.18. The van der Waals surface area contributed by atoms with E-state index in [1.165, 1.54) is 12.1 Å². The van der Waals surface area contributed by atoms with Gasteiger partial charge in [-0.3, -0.25) is 4.98 Å². The van der Waals surface area contributed by atoms with E-state index >= 15 is 0 Å². The minimum absolute atomic E-state index is 0.287. The normalized spacial score (nSPS) is 10.8. The number of likely N-dealkylation sites (N-methyl/N-ethyl adjacent to an activating group) is 1. The van der Waals surface area contributed by atoms with E-state index in [0.717, 1.165) is 29.8 Å². The van der Waals surface area contributed by atoms with Gasteiger partial charge in [-0.25, -0.2) is 19.3 Å². The molecule has 0 radical (unpaired) electrons. The van der Waals surface area contributed by atoms with Crippen LogP contribution in [0.25, 0.3) is 22.6 Å². The van der Waals surface area contributed by atoms with Crippen molar-refractivity contribution < 1.29 is 4.39 Å². The summed E-state index contributed by atoms with van der Waals surface area (Å²) in [7, 11) is 1.94. The van der Waals surface area contributed by atoms with Gasteiger partial charge in [-0.2, -0.15) is 0 Å². The van der Waals surface area contributed by atoms with E-state index in [9.17, 15) is 4.39 Å². The fourth-order valence-electron chi connectivity index (χ4n) is 2.90. The predicted octanol–water partition coefficient (Wildman–Crippen LogP) is 3.75. The summed E-state index contributed by atoms with van der Waals surface area (Å²) in [4.78, 5) is 23.0. The zero-order chi connectivity index (χ0) is 19.3. The average Bonchev–Trinajstić information content (AvgIpc) is 3.28. The van der Waals surface area contributed by atoms with Gasteiger partial charge in [0.15, 0.2) is 0 Å². The van der Waals surface area contributed by atoms with Crippen LogP contribution in [-0.2, 0) is 6.42 Å². The quantitative estimate of drug-likeness (QED) is 0.557. The molecule has 6 nitrogen and oxygen atoms in total. The summed E-state index contributed by atoms with van der Waals surface area (Å²) in [5, 5.41) is 0. The molecular weight excluding hydrogens is 355 g/mol.